The van der Waals surface area contributed by atoms with Gasteiger partial charge in [-0.25, -0.2) is 13.2 Å². The molecular weight excluding hydrogens is 587 g/mol. The standard InChI is InChI=1S/C14H21NO17S2.3Na/c1-5(18)15-6(3-16)10(11(8(20)4-17)31-33(23,24)25)30-14-12(32-34(26,27)28)7(19)2-9(29-14)13(21)22;;;/h2-3,6-8,10-12,14,17,19-20H,4H2,1H3,(H,15,18)(H,21,22)(H,23,24,25)(H,26,27,28);;;/t6-,7-,8+,10+,11-,12+,14-;;;/m0.../s1. The number of carboxylic acids is 1. The van der Waals surface area contributed by atoms with Crippen molar-refractivity contribution in [2.75, 3.05) is 6.61 Å². The second-order valence-corrected chi connectivity index (χ2v) is 8.60. The Morgan fingerprint density at radius 2 is 1.68 bits per heavy atom. The summed E-state index contributed by atoms with van der Waals surface area (Å²) in [7, 11) is -10.8. The van der Waals surface area contributed by atoms with Crippen LogP contribution in [-0.4, -0.2) is 203 Å². The third kappa shape index (κ3) is 14.8. The molecule has 1 aliphatic heterocycles. The van der Waals surface area contributed by atoms with Crippen LogP contribution in [-0.2, 0) is 53.0 Å². The summed E-state index contributed by atoms with van der Waals surface area (Å²) in [5.74, 6) is -3.84. The molecule has 0 aromatic heterocycles. The van der Waals surface area contributed by atoms with E-state index >= 15 is 0 Å². The minimum absolute atomic E-state index is 0. The maximum absolute atomic E-state index is 11.6. The van der Waals surface area contributed by atoms with Crippen molar-refractivity contribution in [2.24, 2.45) is 0 Å². The molecule has 0 aromatic rings. The number of nitrogens with one attached hydrogen (secondary N) is 1. The molecule has 0 unspecified atom stereocenters. The summed E-state index contributed by atoms with van der Waals surface area (Å²) in [4.78, 5) is 34.3. The number of hydrogen-bond acceptors (Lipinski definition) is 14. The van der Waals surface area contributed by atoms with Gasteiger partial charge in [0.05, 0.1) is 6.61 Å². The molecule has 37 heavy (non-hydrogen) atoms. The number of hydrogen-bond donors (Lipinski definition) is 7. The Hall–Kier alpha value is 0.730. The fourth-order valence-corrected chi connectivity index (χ4v) is 3.65. The quantitative estimate of drug-likeness (QED) is 0.0582. The van der Waals surface area contributed by atoms with Gasteiger partial charge in [0.1, 0.15) is 36.7 Å². The molecule has 7 atom stereocenters. The van der Waals surface area contributed by atoms with Crippen molar-refractivity contribution in [1.82, 2.24) is 5.32 Å². The largest absolute Gasteiger partial charge is 0.475 e. The first-order valence-corrected chi connectivity index (χ1v) is 11.5. The molecule has 0 saturated carbocycles. The topological polar surface area (TPSA) is 290 Å². The van der Waals surface area contributed by atoms with Gasteiger partial charge in [-0.1, -0.05) is 0 Å². The van der Waals surface area contributed by atoms with Crippen LogP contribution in [0.1, 0.15) is 6.92 Å². The van der Waals surface area contributed by atoms with Crippen molar-refractivity contribution < 1.29 is 78.6 Å². The molecule has 0 aliphatic carbocycles. The number of aliphatic hydroxyl groups excluding tert-OH is 3. The molecule has 3 radical (unpaired) electrons. The number of aldehydes is 1. The average Bonchev–Trinajstić information content (AvgIpc) is 2.68. The van der Waals surface area contributed by atoms with Crippen LogP contribution in [0, 0.1) is 0 Å². The summed E-state index contributed by atoms with van der Waals surface area (Å²) in [6, 6.07) is -1.99. The van der Waals surface area contributed by atoms with E-state index in [2.05, 4.69) is 8.37 Å². The normalized spacial score (nSPS) is 22.6. The predicted molar refractivity (Wildman–Crippen MR) is 118 cm³/mol. The summed E-state index contributed by atoms with van der Waals surface area (Å²) in [6.07, 6.45) is -13.6. The van der Waals surface area contributed by atoms with Crippen LogP contribution < -0.4 is 5.32 Å². The van der Waals surface area contributed by atoms with E-state index in [9.17, 15) is 46.5 Å². The molecular formula is C14H21NNa3O17S2. The van der Waals surface area contributed by atoms with Gasteiger partial charge in [-0.3, -0.25) is 13.9 Å². The van der Waals surface area contributed by atoms with E-state index in [4.69, 9.17) is 23.7 Å². The predicted octanol–water partition coefficient (Wildman–Crippen LogP) is -5.65. The molecule has 0 fully saturated rings. The number of aliphatic carboxylic acids is 1. The molecule has 0 saturated heterocycles. The van der Waals surface area contributed by atoms with Gasteiger partial charge in [-0.15, -0.1) is 0 Å². The maximum atomic E-state index is 11.6. The first kappa shape index (κ1) is 42.2. The van der Waals surface area contributed by atoms with E-state index in [1.165, 1.54) is 0 Å². The van der Waals surface area contributed by atoms with Gasteiger partial charge in [0, 0.05) is 95.6 Å². The molecule has 7 N–H and O–H groups in total. The second-order valence-electron chi connectivity index (χ2n) is 6.50. The van der Waals surface area contributed by atoms with Gasteiger partial charge < -0.3 is 40.0 Å². The number of carbonyl (C=O) groups is 3. The van der Waals surface area contributed by atoms with Gasteiger partial charge in [-0.05, 0) is 6.08 Å². The Labute approximate surface area is 276 Å². The van der Waals surface area contributed by atoms with Gasteiger partial charge in [0.2, 0.25) is 18.0 Å². The van der Waals surface area contributed by atoms with Crippen molar-refractivity contribution >= 4 is 128 Å². The van der Waals surface area contributed by atoms with Crippen LogP contribution in [0.2, 0.25) is 0 Å². The van der Waals surface area contributed by atoms with Crippen molar-refractivity contribution in [3.8, 4) is 0 Å². The fourth-order valence-electron chi connectivity index (χ4n) is 2.64. The molecule has 1 amide bonds. The zero-order chi connectivity index (χ0) is 26.4. The minimum Gasteiger partial charge on any atom is -0.475 e. The maximum Gasteiger partial charge on any atom is 0.397 e. The van der Waals surface area contributed by atoms with Crippen molar-refractivity contribution in [2.45, 2.75) is 49.8 Å². The Balaban J connectivity index is -0.00000385. The molecule has 0 bridgehead atoms. The molecule has 23 heteroatoms. The monoisotopic (exact) mass is 608 g/mol. The Morgan fingerprint density at radius 3 is 2.05 bits per heavy atom. The number of amides is 1. The Bertz CT molecular complexity index is 1010. The van der Waals surface area contributed by atoms with E-state index in [1.807, 2.05) is 5.32 Å². The van der Waals surface area contributed by atoms with E-state index in [0.717, 1.165) is 6.92 Å². The van der Waals surface area contributed by atoms with Crippen LogP contribution in [0.3, 0.4) is 0 Å². The first-order chi connectivity index (χ1) is 15.5. The van der Waals surface area contributed by atoms with Crippen molar-refractivity contribution in [3.63, 3.8) is 0 Å². The Kier molecular flexibility index (Phi) is 20.8. The molecule has 1 heterocycles. The second kappa shape index (κ2) is 18.2. The third-order valence-corrected chi connectivity index (χ3v) is 4.83. The molecule has 1 rings (SSSR count). The number of aliphatic hydroxyl groups is 3. The first-order valence-electron chi connectivity index (χ1n) is 8.77. The van der Waals surface area contributed by atoms with E-state index in [1.54, 1.807) is 0 Å². The van der Waals surface area contributed by atoms with Gasteiger partial charge >= 0.3 is 26.8 Å². The SMILES string of the molecule is CC(=O)N[C@@H](C=O)[C@@H](O[C@@H]1OC(C(=O)O)=C[C@H](O)[C@H]1OS(=O)(=O)O)[C@@H](OS(=O)(=O)O)[C@H](O)CO.[Na].[Na].[Na]. The summed E-state index contributed by atoms with van der Waals surface area (Å²) in [5, 5.41) is 40.3. The average molecular weight is 608 g/mol. The van der Waals surface area contributed by atoms with Crippen LogP contribution in [0.25, 0.3) is 0 Å². The number of rotatable bonds is 13. The van der Waals surface area contributed by atoms with Crippen molar-refractivity contribution in [3.05, 3.63) is 11.8 Å². The Morgan fingerprint density at radius 1 is 1.14 bits per heavy atom. The fraction of sp³-hybridized carbons (Fsp3) is 0.643. The van der Waals surface area contributed by atoms with Crippen LogP contribution >= 0.6 is 0 Å². The van der Waals surface area contributed by atoms with Crippen molar-refractivity contribution in [1.29, 1.82) is 0 Å². The van der Waals surface area contributed by atoms with E-state index in [-0.39, 0.29) is 95.0 Å². The number of carboxylic acid groups (broad SMARTS) is 1. The molecule has 1 aliphatic rings. The van der Waals surface area contributed by atoms with Crippen LogP contribution in [0.15, 0.2) is 11.8 Å². The third-order valence-electron chi connectivity index (χ3n) is 3.90. The summed E-state index contributed by atoms with van der Waals surface area (Å²) >= 11 is 0. The molecule has 199 valence electrons. The molecule has 0 spiro atoms. The summed E-state index contributed by atoms with van der Waals surface area (Å²) in [6.45, 7) is -0.407. The zero-order valence-electron chi connectivity index (χ0n) is 19.9. The smallest absolute Gasteiger partial charge is 0.397 e. The number of carbonyl (C=O) groups excluding carboxylic acids is 2. The van der Waals surface area contributed by atoms with Gasteiger partial charge in [0.25, 0.3) is 0 Å². The van der Waals surface area contributed by atoms with Gasteiger partial charge in [0.15, 0.2) is 6.10 Å². The van der Waals surface area contributed by atoms with Gasteiger partial charge in [-0.2, -0.15) is 16.8 Å². The number of ether oxygens (including phenoxy) is 2. The van der Waals surface area contributed by atoms with Crippen LogP contribution in [0.4, 0.5) is 0 Å². The molecule has 0 aromatic carbocycles. The van der Waals surface area contributed by atoms with Crippen LogP contribution in [0.5, 0.6) is 0 Å². The summed E-state index contributed by atoms with van der Waals surface area (Å²) < 4.78 is 81.2. The van der Waals surface area contributed by atoms with E-state index in [0.29, 0.717) is 6.08 Å². The minimum atomic E-state index is -5.45. The zero-order valence-corrected chi connectivity index (χ0v) is 27.5. The van der Waals surface area contributed by atoms with E-state index < -0.39 is 87.9 Å². The summed E-state index contributed by atoms with van der Waals surface area (Å²) in [5.41, 5.74) is 0. The molecule has 18 nitrogen and oxygen atoms in total.